The third kappa shape index (κ3) is 6.11. The summed E-state index contributed by atoms with van der Waals surface area (Å²) < 4.78 is 16.2. The van der Waals surface area contributed by atoms with Crippen LogP contribution in [0.4, 0.5) is 15.8 Å². The van der Waals surface area contributed by atoms with Gasteiger partial charge in [-0.2, -0.15) is 0 Å². The molecule has 1 amide bonds. The molecule has 1 aromatic heterocycles. The lowest BCUT2D eigenvalue weighted by Gasteiger charge is -2.21. The van der Waals surface area contributed by atoms with E-state index in [1.807, 2.05) is 6.07 Å². The molecule has 1 heterocycles. The second-order valence-corrected chi connectivity index (χ2v) is 8.36. The first-order valence-corrected chi connectivity index (χ1v) is 11.4. The molecule has 0 spiro atoms. The molecular weight excluding hydrogens is 487 g/mol. The molecular formula is C26H20ClFN4O2S. The van der Waals surface area contributed by atoms with E-state index < -0.39 is 17.8 Å². The summed E-state index contributed by atoms with van der Waals surface area (Å²) in [4.78, 5) is 25.2. The Labute approximate surface area is 211 Å². The lowest BCUT2D eigenvalue weighted by atomic mass is 10.1. The quantitative estimate of drug-likeness (QED) is 0.310. The van der Waals surface area contributed by atoms with Gasteiger partial charge in [0.15, 0.2) is 5.11 Å². The van der Waals surface area contributed by atoms with Gasteiger partial charge in [-0.15, -0.1) is 0 Å². The summed E-state index contributed by atoms with van der Waals surface area (Å²) in [5, 5.41) is 9.39. The summed E-state index contributed by atoms with van der Waals surface area (Å²) in [6, 6.07) is 23.8. The standard InChI is InChI=1S/C26H20ClFN4O2S/c27-18-9-11-19(12-10-18)29-26(35)31-24(17-6-2-1-3-7-17)25(34)30-22-14-13-20(16-21(22)28)32-15-5-4-8-23(32)33/h1-16,24H,(H,30,34)(H2,29,31,35)/t24-/m1/s1. The Morgan fingerprint density at radius 2 is 1.63 bits per heavy atom. The summed E-state index contributed by atoms with van der Waals surface area (Å²) in [6.45, 7) is 0. The number of carbonyl (C=O) groups excluding carboxylic acids is 1. The van der Waals surface area contributed by atoms with Gasteiger partial charge in [-0.1, -0.05) is 48.0 Å². The van der Waals surface area contributed by atoms with Crippen LogP contribution in [0.3, 0.4) is 0 Å². The van der Waals surface area contributed by atoms with Crippen LogP contribution in [0, 0.1) is 5.82 Å². The van der Waals surface area contributed by atoms with Crippen molar-refractivity contribution in [1.29, 1.82) is 0 Å². The van der Waals surface area contributed by atoms with E-state index in [-0.39, 0.29) is 16.4 Å². The highest BCUT2D eigenvalue weighted by molar-refractivity contribution is 7.80. The second-order valence-electron chi connectivity index (χ2n) is 7.51. The minimum absolute atomic E-state index is 0.0259. The summed E-state index contributed by atoms with van der Waals surface area (Å²) in [5.41, 5.74) is 1.35. The number of aromatic nitrogens is 1. The van der Waals surface area contributed by atoms with Crippen molar-refractivity contribution in [2.45, 2.75) is 6.04 Å². The summed E-state index contributed by atoms with van der Waals surface area (Å²) in [7, 11) is 0. The number of hydrogen-bond acceptors (Lipinski definition) is 3. The van der Waals surface area contributed by atoms with Crippen molar-refractivity contribution in [3.05, 3.63) is 124 Å². The Morgan fingerprint density at radius 1 is 0.914 bits per heavy atom. The molecule has 0 saturated heterocycles. The summed E-state index contributed by atoms with van der Waals surface area (Å²) in [5.74, 6) is -1.19. The molecule has 0 saturated carbocycles. The monoisotopic (exact) mass is 506 g/mol. The maximum absolute atomic E-state index is 14.9. The summed E-state index contributed by atoms with van der Waals surface area (Å²) in [6.07, 6.45) is 1.54. The molecule has 6 nitrogen and oxygen atoms in total. The molecule has 0 unspecified atom stereocenters. The van der Waals surface area contributed by atoms with Gasteiger partial charge in [0.05, 0.1) is 11.4 Å². The zero-order valence-electron chi connectivity index (χ0n) is 18.2. The van der Waals surface area contributed by atoms with E-state index in [4.69, 9.17) is 23.8 Å². The Bertz CT molecular complexity index is 1410. The first kappa shape index (κ1) is 24.1. The van der Waals surface area contributed by atoms with Crippen LogP contribution in [0.15, 0.2) is 102 Å². The number of rotatable bonds is 6. The van der Waals surface area contributed by atoms with E-state index >= 15 is 0 Å². The van der Waals surface area contributed by atoms with E-state index in [1.165, 1.54) is 22.8 Å². The van der Waals surface area contributed by atoms with Crippen molar-refractivity contribution in [2.24, 2.45) is 0 Å². The third-order valence-electron chi connectivity index (χ3n) is 5.08. The van der Waals surface area contributed by atoms with Gasteiger partial charge in [0.25, 0.3) is 11.5 Å². The lowest BCUT2D eigenvalue weighted by molar-refractivity contribution is -0.117. The van der Waals surface area contributed by atoms with Crippen molar-refractivity contribution in [3.63, 3.8) is 0 Å². The average Bonchev–Trinajstić information content (AvgIpc) is 2.86. The molecule has 0 aliphatic carbocycles. The van der Waals surface area contributed by atoms with Gasteiger partial charge in [-0.25, -0.2) is 4.39 Å². The predicted octanol–water partition coefficient (Wildman–Crippen LogP) is 5.30. The normalized spacial score (nSPS) is 11.4. The first-order valence-electron chi connectivity index (χ1n) is 10.6. The highest BCUT2D eigenvalue weighted by atomic mass is 35.5. The van der Waals surface area contributed by atoms with Crippen LogP contribution >= 0.6 is 23.8 Å². The number of halogens is 2. The molecule has 0 aliphatic rings. The number of thiocarbonyl (C=S) groups is 1. The van der Waals surface area contributed by atoms with Gasteiger partial charge in [0.1, 0.15) is 11.9 Å². The van der Waals surface area contributed by atoms with Crippen LogP contribution in [0.25, 0.3) is 5.69 Å². The SMILES string of the molecule is O=C(Nc1ccc(-n2ccccc2=O)cc1F)[C@H](NC(=S)Nc1ccc(Cl)cc1)c1ccccc1. The van der Waals surface area contributed by atoms with Gasteiger partial charge in [-0.05, 0) is 60.2 Å². The largest absolute Gasteiger partial charge is 0.347 e. The number of hydrogen-bond donors (Lipinski definition) is 3. The molecule has 3 aromatic carbocycles. The van der Waals surface area contributed by atoms with Gasteiger partial charge in [0.2, 0.25) is 0 Å². The minimum Gasteiger partial charge on any atom is -0.347 e. The van der Waals surface area contributed by atoms with Crippen LogP contribution in [-0.2, 0) is 4.79 Å². The molecule has 0 radical (unpaired) electrons. The number of amides is 1. The van der Waals surface area contributed by atoms with Gasteiger partial charge in [0, 0.05) is 29.0 Å². The Hall–Kier alpha value is -4.01. The number of benzene rings is 3. The number of carbonyl (C=O) groups is 1. The fourth-order valence-electron chi connectivity index (χ4n) is 3.38. The predicted molar refractivity (Wildman–Crippen MR) is 141 cm³/mol. The molecule has 176 valence electrons. The van der Waals surface area contributed by atoms with Crippen molar-refractivity contribution in [1.82, 2.24) is 9.88 Å². The average molecular weight is 507 g/mol. The highest BCUT2D eigenvalue weighted by Gasteiger charge is 2.23. The zero-order chi connectivity index (χ0) is 24.8. The van der Waals surface area contributed by atoms with E-state index in [0.29, 0.717) is 22.0 Å². The Morgan fingerprint density at radius 3 is 2.31 bits per heavy atom. The lowest BCUT2D eigenvalue weighted by Crippen LogP contribution is -2.39. The highest BCUT2D eigenvalue weighted by Crippen LogP contribution is 2.21. The van der Waals surface area contributed by atoms with Crippen LogP contribution in [0.5, 0.6) is 0 Å². The van der Waals surface area contributed by atoms with Crippen molar-refractivity contribution in [3.8, 4) is 5.69 Å². The Kier molecular flexibility index (Phi) is 7.54. The van der Waals surface area contributed by atoms with Crippen LogP contribution in [-0.4, -0.2) is 15.6 Å². The maximum atomic E-state index is 14.9. The smallest absolute Gasteiger partial charge is 0.255 e. The van der Waals surface area contributed by atoms with Gasteiger partial charge in [-0.3, -0.25) is 14.2 Å². The van der Waals surface area contributed by atoms with Crippen LogP contribution < -0.4 is 21.5 Å². The minimum atomic E-state index is -0.903. The number of nitrogens with one attached hydrogen (secondary N) is 3. The van der Waals surface area contributed by atoms with Crippen molar-refractivity contribution >= 4 is 46.2 Å². The molecule has 1 atom stereocenters. The topological polar surface area (TPSA) is 75.2 Å². The van der Waals surface area contributed by atoms with E-state index in [1.54, 1.807) is 72.9 Å². The van der Waals surface area contributed by atoms with Crippen molar-refractivity contribution < 1.29 is 9.18 Å². The number of nitrogens with zero attached hydrogens (tertiary/aromatic N) is 1. The Balaban J connectivity index is 1.53. The molecule has 0 aliphatic heterocycles. The zero-order valence-corrected chi connectivity index (χ0v) is 19.8. The molecule has 4 rings (SSSR count). The molecule has 0 fully saturated rings. The van der Waals surface area contributed by atoms with Crippen LogP contribution in [0.1, 0.15) is 11.6 Å². The molecule has 0 bridgehead atoms. The van der Waals surface area contributed by atoms with Gasteiger partial charge >= 0.3 is 0 Å². The van der Waals surface area contributed by atoms with E-state index in [9.17, 15) is 14.0 Å². The number of anilines is 2. The first-order chi connectivity index (χ1) is 16.9. The van der Waals surface area contributed by atoms with Crippen molar-refractivity contribution in [2.75, 3.05) is 10.6 Å². The maximum Gasteiger partial charge on any atom is 0.255 e. The van der Waals surface area contributed by atoms with Gasteiger partial charge < -0.3 is 16.0 Å². The summed E-state index contributed by atoms with van der Waals surface area (Å²) >= 11 is 11.3. The molecule has 9 heteroatoms. The third-order valence-corrected chi connectivity index (χ3v) is 5.56. The molecule has 3 N–H and O–H groups in total. The fraction of sp³-hybridized carbons (Fsp3) is 0.0385. The van der Waals surface area contributed by atoms with Crippen LogP contribution in [0.2, 0.25) is 5.02 Å². The molecule has 35 heavy (non-hydrogen) atoms. The fourth-order valence-corrected chi connectivity index (χ4v) is 3.74. The van der Waals surface area contributed by atoms with E-state index in [0.717, 1.165) is 0 Å². The second kappa shape index (κ2) is 10.9. The molecule has 4 aromatic rings. The number of pyridine rings is 1. The van der Waals surface area contributed by atoms with E-state index in [2.05, 4.69) is 16.0 Å².